The van der Waals surface area contributed by atoms with Crippen LogP contribution in [0, 0.1) is 26.7 Å². The van der Waals surface area contributed by atoms with Crippen LogP contribution in [0.1, 0.15) is 52.8 Å². The molecule has 186 valence electrons. The first-order chi connectivity index (χ1) is 17.2. The lowest BCUT2D eigenvalue weighted by molar-refractivity contribution is -0.134. The Balaban J connectivity index is 1.82. The van der Waals surface area contributed by atoms with E-state index in [4.69, 9.17) is 0 Å². The van der Waals surface area contributed by atoms with Gasteiger partial charge in [-0.2, -0.15) is 0 Å². The van der Waals surface area contributed by atoms with E-state index in [9.17, 15) is 9.59 Å². The maximum atomic E-state index is 13.1. The van der Waals surface area contributed by atoms with Crippen LogP contribution in [0.25, 0.3) is 18.2 Å². The Morgan fingerprint density at radius 3 is 2.14 bits per heavy atom. The molecule has 1 amide bonds. The number of aryl methyl sites for hydroxylation is 3. The van der Waals surface area contributed by atoms with Crippen molar-refractivity contribution >= 4 is 35.8 Å². The molecule has 3 rings (SSSR count). The molecular formula is C32H35NO3. The van der Waals surface area contributed by atoms with Gasteiger partial charge < -0.3 is 9.64 Å². The Morgan fingerprint density at radius 2 is 1.53 bits per heavy atom. The molecule has 0 aliphatic heterocycles. The Bertz CT molecular complexity index is 1260. The van der Waals surface area contributed by atoms with Crippen molar-refractivity contribution in [1.29, 1.82) is 0 Å². The van der Waals surface area contributed by atoms with Crippen LogP contribution in [0.2, 0.25) is 0 Å². The summed E-state index contributed by atoms with van der Waals surface area (Å²) in [5.41, 5.74) is 8.82. The lowest BCUT2D eigenvalue weighted by Crippen LogP contribution is -2.33. The van der Waals surface area contributed by atoms with Gasteiger partial charge in [0.2, 0.25) is 5.91 Å². The number of anilines is 1. The number of ether oxygens (including phenoxy) is 1. The molecule has 0 saturated heterocycles. The maximum Gasteiger partial charge on any atom is 0.330 e. The van der Waals surface area contributed by atoms with Crippen LogP contribution in [-0.2, 0) is 20.9 Å². The van der Waals surface area contributed by atoms with Gasteiger partial charge >= 0.3 is 5.97 Å². The Morgan fingerprint density at radius 1 is 0.861 bits per heavy atom. The smallest absolute Gasteiger partial charge is 0.330 e. The summed E-state index contributed by atoms with van der Waals surface area (Å²) in [7, 11) is 1.35. The van der Waals surface area contributed by atoms with Crippen LogP contribution < -0.4 is 4.90 Å². The van der Waals surface area contributed by atoms with E-state index in [2.05, 4.69) is 74.1 Å². The summed E-state index contributed by atoms with van der Waals surface area (Å²) in [5.74, 6) is -0.529. The topological polar surface area (TPSA) is 46.6 Å². The van der Waals surface area contributed by atoms with E-state index in [-0.39, 0.29) is 11.8 Å². The van der Waals surface area contributed by atoms with Gasteiger partial charge in [0, 0.05) is 17.7 Å². The quantitative estimate of drug-likeness (QED) is 0.195. The van der Waals surface area contributed by atoms with E-state index in [1.54, 1.807) is 11.0 Å². The predicted octanol–water partition coefficient (Wildman–Crippen LogP) is 7.16. The molecule has 0 saturated carbocycles. The lowest BCUT2D eigenvalue weighted by atomic mass is 9.99. The summed E-state index contributed by atoms with van der Waals surface area (Å²) in [6.45, 7) is 10.7. The highest BCUT2D eigenvalue weighted by molar-refractivity contribution is 5.95. The zero-order valence-electron chi connectivity index (χ0n) is 22.0. The monoisotopic (exact) mass is 481 g/mol. The summed E-state index contributed by atoms with van der Waals surface area (Å²) in [6, 6.07) is 20.3. The Kier molecular flexibility index (Phi) is 9.02. The largest absolute Gasteiger partial charge is 0.466 e. The van der Waals surface area contributed by atoms with Gasteiger partial charge in [0.25, 0.3) is 0 Å². The van der Waals surface area contributed by atoms with Crippen molar-refractivity contribution < 1.29 is 14.3 Å². The van der Waals surface area contributed by atoms with Crippen LogP contribution >= 0.6 is 0 Å². The molecule has 0 radical (unpaired) electrons. The summed E-state index contributed by atoms with van der Waals surface area (Å²) < 4.78 is 4.67. The molecule has 0 spiro atoms. The summed E-state index contributed by atoms with van der Waals surface area (Å²) in [5, 5.41) is 0. The number of rotatable bonds is 8. The molecular weight excluding hydrogens is 446 g/mol. The van der Waals surface area contributed by atoms with Crippen molar-refractivity contribution in [3.63, 3.8) is 0 Å². The number of esters is 1. The molecule has 4 heteroatoms. The van der Waals surface area contributed by atoms with E-state index >= 15 is 0 Å². The third-order valence-electron chi connectivity index (χ3n) is 6.06. The van der Waals surface area contributed by atoms with Crippen LogP contribution in [0.5, 0.6) is 0 Å². The molecule has 3 aromatic rings. The Hall–Kier alpha value is -3.92. The van der Waals surface area contributed by atoms with Crippen molar-refractivity contribution in [2.24, 2.45) is 5.92 Å². The van der Waals surface area contributed by atoms with Crippen molar-refractivity contribution in [3.8, 4) is 0 Å². The van der Waals surface area contributed by atoms with Crippen molar-refractivity contribution in [3.05, 3.63) is 106 Å². The lowest BCUT2D eigenvalue weighted by Gasteiger charge is -2.25. The van der Waals surface area contributed by atoms with E-state index < -0.39 is 5.97 Å². The SMILES string of the molecule is COC(=O)/C=C/c1cccc(N(Cc2ccc(/C=C/c3c(C)cc(C)cc3C)cc2)C(=O)C(C)C)c1. The number of amides is 1. The van der Waals surface area contributed by atoms with E-state index in [0.29, 0.717) is 6.54 Å². The molecule has 0 fully saturated rings. The second kappa shape index (κ2) is 12.2. The normalized spacial score (nSPS) is 11.4. The van der Waals surface area contributed by atoms with E-state index in [1.807, 2.05) is 38.1 Å². The van der Waals surface area contributed by atoms with Gasteiger partial charge in [-0.15, -0.1) is 0 Å². The number of nitrogens with zero attached hydrogens (tertiary/aromatic N) is 1. The molecule has 3 aromatic carbocycles. The molecule has 36 heavy (non-hydrogen) atoms. The fourth-order valence-corrected chi connectivity index (χ4v) is 4.19. The minimum atomic E-state index is -0.419. The van der Waals surface area contributed by atoms with Gasteiger partial charge in [-0.25, -0.2) is 4.79 Å². The number of carbonyl (C=O) groups is 2. The summed E-state index contributed by atoms with van der Waals surface area (Å²) in [6.07, 6.45) is 7.36. The van der Waals surface area contributed by atoms with Gasteiger partial charge in [-0.3, -0.25) is 4.79 Å². The van der Waals surface area contributed by atoms with Gasteiger partial charge in [0.15, 0.2) is 0 Å². The maximum absolute atomic E-state index is 13.1. The second-order valence-electron chi connectivity index (χ2n) is 9.42. The van der Waals surface area contributed by atoms with Gasteiger partial charge in [-0.1, -0.05) is 80.1 Å². The van der Waals surface area contributed by atoms with Crippen LogP contribution in [0.15, 0.2) is 66.7 Å². The fraction of sp³-hybridized carbons (Fsp3) is 0.250. The van der Waals surface area contributed by atoms with Gasteiger partial charge in [-0.05, 0) is 72.4 Å². The minimum absolute atomic E-state index is 0.0402. The molecule has 4 nitrogen and oxygen atoms in total. The number of hydrogen-bond acceptors (Lipinski definition) is 3. The predicted molar refractivity (Wildman–Crippen MR) is 150 cm³/mol. The molecule has 0 aliphatic carbocycles. The molecule has 0 bridgehead atoms. The van der Waals surface area contributed by atoms with Crippen LogP contribution in [-0.4, -0.2) is 19.0 Å². The third-order valence-corrected chi connectivity index (χ3v) is 6.06. The summed E-state index contributed by atoms with van der Waals surface area (Å²) >= 11 is 0. The van der Waals surface area contributed by atoms with E-state index in [1.165, 1.54) is 35.4 Å². The van der Waals surface area contributed by atoms with Crippen molar-refractivity contribution in [2.75, 3.05) is 12.0 Å². The number of methoxy groups -OCH3 is 1. The van der Waals surface area contributed by atoms with Crippen LogP contribution in [0.3, 0.4) is 0 Å². The molecule has 0 unspecified atom stereocenters. The first-order valence-electron chi connectivity index (χ1n) is 12.2. The zero-order chi connectivity index (χ0) is 26.2. The molecule has 0 N–H and O–H groups in total. The molecule has 0 aromatic heterocycles. The molecule has 0 atom stereocenters. The molecule has 0 heterocycles. The third kappa shape index (κ3) is 7.05. The van der Waals surface area contributed by atoms with Gasteiger partial charge in [0.05, 0.1) is 13.7 Å². The van der Waals surface area contributed by atoms with Crippen molar-refractivity contribution in [1.82, 2.24) is 0 Å². The number of benzene rings is 3. The first-order valence-corrected chi connectivity index (χ1v) is 12.2. The summed E-state index contributed by atoms with van der Waals surface area (Å²) in [4.78, 5) is 26.4. The molecule has 0 aliphatic rings. The highest BCUT2D eigenvalue weighted by Crippen LogP contribution is 2.23. The standard InChI is InChI=1S/C32H35NO3/c1-22(2)32(35)33(29-9-7-8-27(20-29)15-17-31(34)36-6)21-28-12-10-26(11-13-28)14-16-30-24(4)18-23(3)19-25(30)5/h7-20,22H,21H2,1-6H3/b16-14+,17-15+. The van der Waals surface area contributed by atoms with Crippen LogP contribution in [0.4, 0.5) is 5.69 Å². The zero-order valence-corrected chi connectivity index (χ0v) is 22.0. The fourth-order valence-electron chi connectivity index (χ4n) is 4.19. The highest BCUT2D eigenvalue weighted by Gasteiger charge is 2.19. The number of carbonyl (C=O) groups excluding carboxylic acids is 2. The Labute approximate surface area is 214 Å². The number of hydrogen-bond donors (Lipinski definition) is 0. The minimum Gasteiger partial charge on any atom is -0.466 e. The first kappa shape index (κ1) is 26.7. The second-order valence-corrected chi connectivity index (χ2v) is 9.42. The average molecular weight is 482 g/mol. The van der Waals surface area contributed by atoms with Gasteiger partial charge in [0.1, 0.15) is 0 Å². The average Bonchev–Trinajstić information content (AvgIpc) is 2.85. The van der Waals surface area contributed by atoms with Crippen molar-refractivity contribution in [2.45, 2.75) is 41.2 Å². The highest BCUT2D eigenvalue weighted by atomic mass is 16.5. The van der Waals surface area contributed by atoms with E-state index in [0.717, 1.165) is 22.4 Å².